The second-order valence-corrected chi connectivity index (χ2v) is 4.74. The van der Waals surface area contributed by atoms with Gasteiger partial charge in [0.25, 0.3) is 5.69 Å². The number of hydrogen-bond acceptors (Lipinski definition) is 3. The number of nitro groups is 1. The minimum atomic E-state index is -0.355. The molecule has 0 radical (unpaired) electrons. The fraction of sp³-hybridized carbons (Fsp3) is 0.385. The third kappa shape index (κ3) is 2.36. The van der Waals surface area contributed by atoms with Crippen LogP contribution in [0.4, 0.5) is 5.69 Å². The zero-order chi connectivity index (χ0) is 13.3. The molecule has 5 heteroatoms. The van der Waals surface area contributed by atoms with Crippen molar-refractivity contribution < 1.29 is 4.92 Å². The summed E-state index contributed by atoms with van der Waals surface area (Å²) in [5.41, 5.74) is 2.33. The van der Waals surface area contributed by atoms with Crippen molar-refractivity contribution in [3.63, 3.8) is 0 Å². The number of nitro benzene ring substituents is 1. The van der Waals surface area contributed by atoms with E-state index in [-0.39, 0.29) is 10.6 Å². The van der Waals surface area contributed by atoms with Gasteiger partial charge in [0.1, 0.15) is 0 Å². The summed E-state index contributed by atoms with van der Waals surface area (Å²) in [6, 6.07) is 7.02. The van der Waals surface area contributed by atoms with Crippen LogP contribution in [0.1, 0.15) is 5.69 Å². The Morgan fingerprint density at radius 3 is 2.67 bits per heavy atom. The molecule has 0 aliphatic carbocycles. The normalized spacial score (nSPS) is 11.3. The van der Waals surface area contributed by atoms with Crippen molar-refractivity contribution in [2.45, 2.75) is 13.5 Å². The first-order chi connectivity index (χ1) is 8.49. The van der Waals surface area contributed by atoms with E-state index in [2.05, 4.69) is 9.47 Å². The molecule has 2 aromatic rings. The van der Waals surface area contributed by atoms with E-state index in [1.54, 1.807) is 12.1 Å². The molecular weight excluding hydrogens is 230 g/mol. The van der Waals surface area contributed by atoms with E-state index in [1.807, 2.05) is 33.2 Å². The first-order valence-electron chi connectivity index (χ1n) is 5.88. The Balaban J connectivity index is 2.42. The van der Waals surface area contributed by atoms with Crippen LogP contribution in [-0.2, 0) is 6.54 Å². The largest absolute Gasteiger partial charge is 0.344 e. The van der Waals surface area contributed by atoms with Gasteiger partial charge in [-0.15, -0.1) is 0 Å². The molecule has 1 heterocycles. The zero-order valence-corrected chi connectivity index (χ0v) is 10.9. The van der Waals surface area contributed by atoms with Crippen LogP contribution in [0.2, 0.25) is 0 Å². The molecule has 0 fully saturated rings. The number of rotatable bonds is 4. The lowest BCUT2D eigenvalue weighted by atomic mass is 10.2. The van der Waals surface area contributed by atoms with Crippen molar-refractivity contribution in [3.8, 4) is 0 Å². The summed E-state index contributed by atoms with van der Waals surface area (Å²) < 4.78 is 2.19. The van der Waals surface area contributed by atoms with Crippen LogP contribution in [0.15, 0.2) is 24.3 Å². The molecule has 1 aromatic heterocycles. The van der Waals surface area contributed by atoms with Gasteiger partial charge in [-0.05, 0) is 33.2 Å². The molecule has 0 N–H and O–H groups in total. The Hall–Kier alpha value is -1.88. The standard InChI is InChI=1S/C13H17N3O2/c1-10-8-11-9-12(16(17)18)4-5-13(11)15(10)7-6-14(2)3/h4-5,8-9H,6-7H2,1-3H3. The number of nitrogens with zero attached hydrogens (tertiary/aromatic N) is 3. The van der Waals surface area contributed by atoms with Gasteiger partial charge in [-0.25, -0.2) is 0 Å². The summed E-state index contributed by atoms with van der Waals surface area (Å²) in [4.78, 5) is 12.5. The number of aromatic nitrogens is 1. The molecule has 0 unspecified atom stereocenters. The molecule has 0 amide bonds. The lowest BCUT2D eigenvalue weighted by Crippen LogP contribution is -2.18. The number of hydrogen-bond donors (Lipinski definition) is 0. The molecule has 0 saturated carbocycles. The topological polar surface area (TPSA) is 51.3 Å². The first kappa shape index (κ1) is 12.6. The fourth-order valence-electron chi connectivity index (χ4n) is 2.11. The molecule has 1 aromatic carbocycles. The van der Waals surface area contributed by atoms with E-state index in [0.717, 1.165) is 29.7 Å². The highest BCUT2D eigenvalue weighted by atomic mass is 16.6. The second-order valence-electron chi connectivity index (χ2n) is 4.74. The summed E-state index contributed by atoms with van der Waals surface area (Å²) >= 11 is 0. The summed E-state index contributed by atoms with van der Waals surface area (Å²) in [6.45, 7) is 3.86. The highest BCUT2D eigenvalue weighted by molar-refractivity contribution is 5.83. The molecule has 96 valence electrons. The monoisotopic (exact) mass is 247 g/mol. The van der Waals surface area contributed by atoms with Gasteiger partial charge in [-0.1, -0.05) is 0 Å². The zero-order valence-electron chi connectivity index (χ0n) is 10.9. The molecule has 0 saturated heterocycles. The Morgan fingerprint density at radius 2 is 2.06 bits per heavy atom. The quantitative estimate of drug-likeness (QED) is 0.616. The van der Waals surface area contributed by atoms with Crippen LogP contribution in [0.5, 0.6) is 0 Å². The van der Waals surface area contributed by atoms with Crippen molar-refractivity contribution in [3.05, 3.63) is 40.1 Å². The third-order valence-electron chi connectivity index (χ3n) is 3.07. The molecule has 0 bridgehead atoms. The minimum absolute atomic E-state index is 0.146. The predicted octanol–water partition coefficient (Wildman–Crippen LogP) is 2.42. The average Bonchev–Trinajstić information content (AvgIpc) is 2.60. The molecule has 0 aliphatic rings. The van der Waals surface area contributed by atoms with Gasteiger partial charge in [0.15, 0.2) is 0 Å². The summed E-state index contributed by atoms with van der Waals surface area (Å²) in [6.07, 6.45) is 0. The number of fused-ring (bicyclic) bond motifs is 1. The first-order valence-corrected chi connectivity index (χ1v) is 5.88. The minimum Gasteiger partial charge on any atom is -0.344 e. The SMILES string of the molecule is Cc1cc2cc([N+](=O)[O-])ccc2n1CCN(C)C. The Kier molecular flexibility index (Phi) is 3.34. The van der Waals surface area contributed by atoms with Crippen molar-refractivity contribution in [1.82, 2.24) is 9.47 Å². The van der Waals surface area contributed by atoms with E-state index < -0.39 is 0 Å². The van der Waals surface area contributed by atoms with Gasteiger partial charge in [0.2, 0.25) is 0 Å². The van der Waals surface area contributed by atoms with Crippen molar-refractivity contribution in [1.29, 1.82) is 0 Å². The molecule has 18 heavy (non-hydrogen) atoms. The molecule has 0 atom stereocenters. The van der Waals surface area contributed by atoms with Crippen molar-refractivity contribution in [2.75, 3.05) is 20.6 Å². The van der Waals surface area contributed by atoms with Crippen LogP contribution >= 0.6 is 0 Å². The maximum Gasteiger partial charge on any atom is 0.270 e. The average molecular weight is 247 g/mol. The smallest absolute Gasteiger partial charge is 0.270 e. The number of benzene rings is 1. The Labute approximate surface area is 106 Å². The number of aryl methyl sites for hydroxylation is 1. The van der Waals surface area contributed by atoms with E-state index in [4.69, 9.17) is 0 Å². The lowest BCUT2D eigenvalue weighted by molar-refractivity contribution is -0.384. The highest BCUT2D eigenvalue weighted by Gasteiger charge is 2.10. The third-order valence-corrected chi connectivity index (χ3v) is 3.07. The lowest BCUT2D eigenvalue weighted by Gasteiger charge is -2.12. The summed E-state index contributed by atoms with van der Waals surface area (Å²) in [5, 5.41) is 11.7. The van der Waals surface area contributed by atoms with Crippen LogP contribution in [0, 0.1) is 17.0 Å². The van der Waals surface area contributed by atoms with E-state index in [9.17, 15) is 10.1 Å². The molecule has 0 aliphatic heterocycles. The Morgan fingerprint density at radius 1 is 1.33 bits per heavy atom. The van der Waals surface area contributed by atoms with Crippen molar-refractivity contribution in [2.24, 2.45) is 0 Å². The van der Waals surface area contributed by atoms with Gasteiger partial charge in [-0.3, -0.25) is 10.1 Å². The second kappa shape index (κ2) is 4.78. The predicted molar refractivity (Wildman–Crippen MR) is 71.9 cm³/mol. The highest BCUT2D eigenvalue weighted by Crippen LogP contribution is 2.24. The Bertz CT molecular complexity index is 587. The molecule has 5 nitrogen and oxygen atoms in total. The molecular formula is C13H17N3O2. The fourth-order valence-corrected chi connectivity index (χ4v) is 2.11. The summed E-state index contributed by atoms with van der Waals surface area (Å²) in [5.74, 6) is 0. The molecule has 2 rings (SSSR count). The van der Waals surface area contributed by atoms with Crippen LogP contribution in [0.25, 0.3) is 10.9 Å². The van der Waals surface area contributed by atoms with E-state index in [0.29, 0.717) is 0 Å². The van der Waals surface area contributed by atoms with Gasteiger partial charge < -0.3 is 9.47 Å². The maximum atomic E-state index is 10.7. The van der Waals surface area contributed by atoms with Gasteiger partial charge in [0.05, 0.1) is 4.92 Å². The van der Waals surface area contributed by atoms with Crippen LogP contribution < -0.4 is 0 Å². The number of non-ortho nitro benzene ring substituents is 1. The van der Waals surface area contributed by atoms with E-state index in [1.165, 1.54) is 0 Å². The van der Waals surface area contributed by atoms with Crippen molar-refractivity contribution >= 4 is 16.6 Å². The summed E-state index contributed by atoms with van der Waals surface area (Å²) in [7, 11) is 4.07. The number of likely N-dealkylation sites (N-methyl/N-ethyl adjacent to an activating group) is 1. The van der Waals surface area contributed by atoms with Crippen LogP contribution in [-0.4, -0.2) is 35.0 Å². The maximum absolute atomic E-state index is 10.7. The van der Waals surface area contributed by atoms with Crippen LogP contribution in [0.3, 0.4) is 0 Å². The van der Waals surface area contributed by atoms with E-state index >= 15 is 0 Å². The van der Waals surface area contributed by atoms with Gasteiger partial charge in [0, 0.05) is 41.8 Å². The van der Waals surface area contributed by atoms with Gasteiger partial charge in [-0.2, -0.15) is 0 Å². The van der Waals surface area contributed by atoms with Gasteiger partial charge >= 0.3 is 0 Å². The molecule has 0 spiro atoms.